The van der Waals surface area contributed by atoms with E-state index in [-0.39, 0.29) is 17.5 Å². The van der Waals surface area contributed by atoms with Crippen LogP contribution in [-0.4, -0.2) is 27.6 Å². The van der Waals surface area contributed by atoms with Crippen molar-refractivity contribution in [1.82, 2.24) is 19.2 Å². The number of benzene rings is 1. The van der Waals surface area contributed by atoms with Crippen molar-refractivity contribution in [2.24, 2.45) is 0 Å². The topological polar surface area (TPSA) is 141 Å². The zero-order valence-corrected chi connectivity index (χ0v) is 11.7. The molecule has 1 aromatic carbocycles. The van der Waals surface area contributed by atoms with Crippen molar-refractivity contribution in [2.75, 3.05) is 5.73 Å². The molecule has 0 saturated heterocycles. The molecule has 22 heavy (non-hydrogen) atoms. The largest absolute Gasteiger partial charge is 0.421 e. The van der Waals surface area contributed by atoms with Crippen LogP contribution in [0.25, 0.3) is 11.5 Å². The smallest absolute Gasteiger partial charge is 0.322 e. The van der Waals surface area contributed by atoms with Gasteiger partial charge in [0.1, 0.15) is 12.4 Å². The molecule has 0 radical (unpaired) electrons. The number of hydrogen-bond donors (Lipinski definition) is 1. The minimum Gasteiger partial charge on any atom is -0.421 e. The van der Waals surface area contributed by atoms with Gasteiger partial charge in [0, 0.05) is 5.56 Å². The summed E-state index contributed by atoms with van der Waals surface area (Å²) in [5.74, 6) is -0.337. The molecule has 10 heteroatoms. The van der Waals surface area contributed by atoms with Crippen LogP contribution in [-0.2, 0) is 10.0 Å². The molecule has 3 rings (SSSR count). The molecule has 0 spiro atoms. The summed E-state index contributed by atoms with van der Waals surface area (Å²) in [4.78, 5) is 7.43. The van der Waals surface area contributed by atoms with Gasteiger partial charge in [-0.1, -0.05) is 18.2 Å². The van der Waals surface area contributed by atoms with Gasteiger partial charge in [-0.3, -0.25) is 0 Å². The Bertz CT molecular complexity index is 968. The number of rotatable bonds is 3. The number of hydrogen-bond acceptors (Lipinski definition) is 8. The molecule has 0 aliphatic carbocycles. The summed E-state index contributed by atoms with van der Waals surface area (Å²) in [6.45, 7) is 0. The summed E-state index contributed by atoms with van der Waals surface area (Å²) in [5.41, 5.74) is 5.59. The van der Waals surface area contributed by atoms with E-state index in [2.05, 4.69) is 15.1 Å². The van der Waals surface area contributed by atoms with Crippen LogP contribution in [0.2, 0.25) is 0 Å². The minimum atomic E-state index is -4.29. The van der Waals surface area contributed by atoms with Crippen molar-refractivity contribution in [3.8, 4) is 17.5 Å². The van der Waals surface area contributed by atoms with Gasteiger partial charge in [-0.15, -0.1) is 9.19 Å². The van der Waals surface area contributed by atoms with Gasteiger partial charge < -0.3 is 10.2 Å². The highest BCUT2D eigenvalue weighted by Gasteiger charge is 2.31. The van der Waals surface area contributed by atoms with Crippen LogP contribution in [0.5, 0.6) is 0 Å². The van der Waals surface area contributed by atoms with Crippen LogP contribution in [0.4, 0.5) is 5.95 Å². The number of aromatic nitrogens is 4. The molecular formula is C12H8N6O3S. The van der Waals surface area contributed by atoms with E-state index in [0.717, 1.165) is 6.33 Å². The SMILES string of the molecule is N#Cc1nc(-c2ccccc2)oc1S(=O)(=O)n1ncnc1N. The van der Waals surface area contributed by atoms with Crippen molar-refractivity contribution in [3.05, 3.63) is 42.4 Å². The van der Waals surface area contributed by atoms with E-state index < -0.39 is 15.1 Å². The third-order valence-electron chi connectivity index (χ3n) is 2.73. The predicted octanol–water partition coefficient (Wildman–Crippen LogP) is 0.624. The quantitative estimate of drug-likeness (QED) is 0.741. The summed E-state index contributed by atoms with van der Waals surface area (Å²) in [5, 5.41) is 12.0. The van der Waals surface area contributed by atoms with Gasteiger partial charge in [0.15, 0.2) is 0 Å². The second-order valence-electron chi connectivity index (χ2n) is 4.10. The Hall–Kier alpha value is -3.19. The van der Waals surface area contributed by atoms with E-state index in [9.17, 15) is 8.42 Å². The van der Waals surface area contributed by atoms with E-state index in [1.54, 1.807) is 36.4 Å². The number of nitrogen functional groups attached to an aromatic ring is 1. The Balaban J connectivity index is 2.19. The van der Waals surface area contributed by atoms with Gasteiger partial charge in [-0.2, -0.15) is 23.6 Å². The molecule has 9 nitrogen and oxygen atoms in total. The predicted molar refractivity (Wildman–Crippen MR) is 73.7 cm³/mol. The lowest BCUT2D eigenvalue weighted by Gasteiger charge is -2.01. The number of nitriles is 1. The fourth-order valence-electron chi connectivity index (χ4n) is 1.76. The summed E-state index contributed by atoms with van der Waals surface area (Å²) in [7, 11) is -4.29. The fraction of sp³-hybridized carbons (Fsp3) is 0. The zero-order chi connectivity index (χ0) is 15.7. The highest BCUT2D eigenvalue weighted by Crippen LogP contribution is 2.26. The lowest BCUT2D eigenvalue weighted by Crippen LogP contribution is -2.17. The van der Waals surface area contributed by atoms with Crippen molar-refractivity contribution < 1.29 is 12.8 Å². The molecule has 3 aromatic rings. The lowest BCUT2D eigenvalue weighted by molar-refractivity contribution is 0.452. The number of nitrogens with zero attached hydrogens (tertiary/aromatic N) is 5. The van der Waals surface area contributed by atoms with Crippen LogP contribution < -0.4 is 5.73 Å². The van der Waals surface area contributed by atoms with E-state index in [4.69, 9.17) is 15.4 Å². The standard InChI is InChI=1S/C12H8N6O3S/c13-6-9-11(22(19,20)18-12(14)15-7-16-18)21-10(17-9)8-4-2-1-3-5-8/h1-5,7H,(H2,14,15,16). The summed E-state index contributed by atoms with van der Waals surface area (Å²) >= 11 is 0. The molecule has 0 saturated carbocycles. The van der Waals surface area contributed by atoms with Gasteiger partial charge in [0.25, 0.3) is 5.09 Å². The van der Waals surface area contributed by atoms with E-state index >= 15 is 0 Å². The van der Waals surface area contributed by atoms with E-state index in [1.165, 1.54) is 0 Å². The zero-order valence-electron chi connectivity index (χ0n) is 10.9. The maximum absolute atomic E-state index is 12.4. The first kappa shape index (κ1) is 13.8. The van der Waals surface area contributed by atoms with E-state index in [1.807, 2.05) is 0 Å². The first-order chi connectivity index (χ1) is 10.5. The highest BCUT2D eigenvalue weighted by atomic mass is 32.2. The number of oxazole rings is 1. The Morgan fingerprint density at radius 2 is 2.00 bits per heavy atom. The molecule has 2 N–H and O–H groups in total. The Kier molecular flexibility index (Phi) is 3.11. The highest BCUT2D eigenvalue weighted by molar-refractivity contribution is 7.89. The van der Waals surface area contributed by atoms with Gasteiger partial charge in [-0.25, -0.2) is 0 Å². The van der Waals surface area contributed by atoms with E-state index in [0.29, 0.717) is 9.65 Å². The second-order valence-corrected chi connectivity index (χ2v) is 5.77. The molecule has 0 atom stereocenters. The first-order valence-electron chi connectivity index (χ1n) is 5.91. The third-order valence-corrected chi connectivity index (χ3v) is 4.21. The van der Waals surface area contributed by atoms with Crippen molar-refractivity contribution in [1.29, 1.82) is 5.26 Å². The van der Waals surface area contributed by atoms with Crippen molar-refractivity contribution in [2.45, 2.75) is 5.09 Å². The Morgan fingerprint density at radius 3 is 2.59 bits per heavy atom. The lowest BCUT2D eigenvalue weighted by atomic mass is 10.2. The van der Waals surface area contributed by atoms with Gasteiger partial charge >= 0.3 is 10.0 Å². The molecule has 0 fully saturated rings. The van der Waals surface area contributed by atoms with Crippen LogP contribution >= 0.6 is 0 Å². The molecule has 0 amide bonds. The summed E-state index contributed by atoms with van der Waals surface area (Å²) < 4.78 is 30.6. The monoisotopic (exact) mass is 316 g/mol. The van der Waals surface area contributed by atoms with Crippen LogP contribution in [0.1, 0.15) is 5.69 Å². The summed E-state index contributed by atoms with van der Waals surface area (Å²) in [6.07, 6.45) is 0.980. The van der Waals surface area contributed by atoms with Crippen molar-refractivity contribution in [3.63, 3.8) is 0 Å². The second kappa shape index (κ2) is 4.97. The fourth-order valence-corrected chi connectivity index (χ4v) is 2.90. The molecule has 0 unspecified atom stereocenters. The Morgan fingerprint density at radius 1 is 1.27 bits per heavy atom. The van der Waals surface area contributed by atoms with Gasteiger partial charge in [-0.05, 0) is 12.1 Å². The summed E-state index contributed by atoms with van der Waals surface area (Å²) in [6, 6.07) is 10.3. The molecular weight excluding hydrogens is 308 g/mol. The molecule has 2 heterocycles. The van der Waals surface area contributed by atoms with Gasteiger partial charge in [0.05, 0.1) is 0 Å². The Labute approximate surface area is 124 Å². The first-order valence-corrected chi connectivity index (χ1v) is 7.35. The number of nitrogens with two attached hydrogens (primary N) is 1. The molecule has 0 aliphatic rings. The van der Waals surface area contributed by atoms with Gasteiger partial charge in [0.2, 0.25) is 17.5 Å². The average molecular weight is 316 g/mol. The minimum absolute atomic E-state index is 0.00871. The van der Waals surface area contributed by atoms with Crippen LogP contribution in [0.3, 0.4) is 0 Å². The molecule has 110 valence electrons. The maximum atomic E-state index is 12.4. The average Bonchev–Trinajstić information content (AvgIpc) is 3.14. The molecule has 0 aliphatic heterocycles. The number of anilines is 1. The molecule has 2 aromatic heterocycles. The van der Waals surface area contributed by atoms with Crippen LogP contribution in [0, 0.1) is 11.3 Å². The van der Waals surface area contributed by atoms with Crippen molar-refractivity contribution >= 4 is 16.0 Å². The molecule has 0 bridgehead atoms. The maximum Gasteiger partial charge on any atom is 0.322 e. The van der Waals surface area contributed by atoms with Crippen LogP contribution in [0.15, 0.2) is 46.2 Å². The normalized spacial score (nSPS) is 11.2. The third kappa shape index (κ3) is 2.09.